The average Bonchev–Trinajstić information content (AvgIpc) is 4.11. The van der Waals surface area contributed by atoms with Gasteiger partial charge in [0.05, 0.1) is 35.1 Å². The molecule has 58 heavy (non-hydrogen) atoms. The van der Waals surface area contributed by atoms with E-state index in [0.29, 0.717) is 22.8 Å². The van der Waals surface area contributed by atoms with Crippen molar-refractivity contribution in [2.24, 2.45) is 0 Å². The summed E-state index contributed by atoms with van der Waals surface area (Å²) in [7, 11) is 0. The predicted octanol–water partition coefficient (Wildman–Crippen LogP) is 8.40. The minimum absolute atomic E-state index is 0.391. The molecule has 6 aromatic rings. The van der Waals surface area contributed by atoms with Gasteiger partial charge in [-0.3, -0.25) is 0 Å². The Morgan fingerprint density at radius 1 is 0.517 bits per heavy atom. The molecule has 0 spiro atoms. The summed E-state index contributed by atoms with van der Waals surface area (Å²) in [6, 6.07) is 31.2. The molecular formula is C45H54N12O. The standard InChI is InChI=1S/C45H54N12O/c58-45(48-41-15-3-1-13-39(41)43-33-56(52-50-43)37-21-17-35(18-22-37)46-25-5-7-27-54-29-9-10-30-54)49-42-16-4-2-14-40(42)44-34-57(53-51-44)38-23-19-36(20-24-38)47-26-6-8-28-55-31-11-12-32-55/h1-4,13-24,33-34,46-47H,5-12,25-32H2,(H2,48,49,58). The molecule has 0 bridgehead atoms. The van der Waals surface area contributed by atoms with E-state index < -0.39 is 6.03 Å². The van der Waals surface area contributed by atoms with Crippen LogP contribution in [0.1, 0.15) is 51.4 Å². The molecule has 13 heteroatoms. The molecule has 4 aromatic carbocycles. The Balaban J connectivity index is 0.845. The molecule has 4 N–H and O–H groups in total. The number of carbonyl (C=O) groups excluding carboxylic acids is 1. The number of urea groups is 1. The highest BCUT2D eigenvalue weighted by atomic mass is 16.2. The van der Waals surface area contributed by atoms with E-state index in [4.69, 9.17) is 0 Å². The van der Waals surface area contributed by atoms with Crippen LogP contribution < -0.4 is 21.3 Å². The Kier molecular flexibility index (Phi) is 13.0. The van der Waals surface area contributed by atoms with Crippen molar-refractivity contribution in [1.82, 2.24) is 39.8 Å². The molecule has 0 unspecified atom stereocenters. The van der Waals surface area contributed by atoms with Gasteiger partial charge in [-0.25, -0.2) is 14.2 Å². The van der Waals surface area contributed by atoms with Gasteiger partial charge in [0.25, 0.3) is 0 Å². The second kappa shape index (κ2) is 19.4. The third-order valence-electron chi connectivity index (χ3n) is 11.0. The highest BCUT2D eigenvalue weighted by molar-refractivity contribution is 6.04. The van der Waals surface area contributed by atoms with Crippen molar-refractivity contribution in [1.29, 1.82) is 0 Å². The van der Waals surface area contributed by atoms with Crippen LogP contribution in [0.3, 0.4) is 0 Å². The fourth-order valence-electron chi connectivity index (χ4n) is 7.80. The Hall–Kier alpha value is -6.05. The number of benzene rings is 4. The number of nitrogens with zero attached hydrogens (tertiary/aromatic N) is 8. The van der Waals surface area contributed by atoms with E-state index in [2.05, 4.69) is 76.0 Å². The maximum Gasteiger partial charge on any atom is 0.323 e. The van der Waals surface area contributed by atoms with E-state index in [1.807, 2.05) is 85.2 Å². The number of rotatable bonds is 18. The number of likely N-dealkylation sites (tertiary alicyclic amines) is 2. The van der Waals surface area contributed by atoms with Crippen molar-refractivity contribution in [2.45, 2.75) is 51.4 Å². The van der Waals surface area contributed by atoms with Crippen LogP contribution in [0.5, 0.6) is 0 Å². The lowest BCUT2D eigenvalue weighted by Gasteiger charge is -2.14. The largest absolute Gasteiger partial charge is 0.385 e. The van der Waals surface area contributed by atoms with E-state index in [1.165, 1.54) is 77.8 Å². The van der Waals surface area contributed by atoms with Crippen LogP contribution in [0.2, 0.25) is 0 Å². The zero-order valence-electron chi connectivity index (χ0n) is 33.2. The summed E-state index contributed by atoms with van der Waals surface area (Å²) in [5, 5.41) is 30.8. The Morgan fingerprint density at radius 2 is 0.931 bits per heavy atom. The molecule has 2 amide bonds. The number of carbonyl (C=O) groups is 1. The first-order valence-electron chi connectivity index (χ1n) is 20.9. The molecule has 0 aliphatic carbocycles. The van der Waals surface area contributed by atoms with Crippen molar-refractivity contribution in [3.63, 3.8) is 0 Å². The molecule has 0 radical (unpaired) electrons. The van der Waals surface area contributed by atoms with Crippen LogP contribution in [0.4, 0.5) is 27.5 Å². The summed E-state index contributed by atoms with van der Waals surface area (Å²) in [5.41, 5.74) is 8.00. The normalized spacial score (nSPS) is 14.5. The average molecular weight is 779 g/mol. The molecule has 2 aromatic heterocycles. The van der Waals surface area contributed by atoms with Crippen LogP contribution in [0.15, 0.2) is 109 Å². The summed E-state index contributed by atoms with van der Waals surface area (Å²) in [6.07, 6.45) is 13.9. The Labute approximate surface area is 340 Å². The molecule has 8 rings (SSSR count). The molecule has 2 aliphatic heterocycles. The van der Waals surface area contributed by atoms with E-state index in [-0.39, 0.29) is 0 Å². The SMILES string of the molecule is O=C(Nc1ccccc1-c1cn(-c2ccc(NCCCCN3CCCC3)cc2)nn1)Nc1ccccc1-c1cn(-c2ccc(NCCCCN3CCCC3)cc2)nn1. The predicted molar refractivity (Wildman–Crippen MR) is 233 cm³/mol. The van der Waals surface area contributed by atoms with Crippen LogP contribution in [0.25, 0.3) is 33.9 Å². The van der Waals surface area contributed by atoms with Gasteiger partial charge < -0.3 is 31.1 Å². The van der Waals surface area contributed by atoms with E-state index >= 15 is 0 Å². The molecule has 0 saturated carbocycles. The first kappa shape index (κ1) is 38.8. The second-order valence-corrected chi connectivity index (χ2v) is 15.2. The lowest BCUT2D eigenvalue weighted by molar-refractivity contribution is 0.262. The van der Waals surface area contributed by atoms with Crippen LogP contribution in [-0.4, -0.2) is 98.2 Å². The van der Waals surface area contributed by atoms with Crippen molar-refractivity contribution in [2.75, 3.05) is 73.6 Å². The van der Waals surface area contributed by atoms with E-state index in [9.17, 15) is 4.79 Å². The summed E-state index contributed by atoms with van der Waals surface area (Å²) < 4.78 is 3.50. The third kappa shape index (κ3) is 10.3. The second-order valence-electron chi connectivity index (χ2n) is 15.2. The Bertz CT molecular complexity index is 2050. The van der Waals surface area contributed by atoms with Gasteiger partial charge in [0.15, 0.2) is 0 Å². The summed E-state index contributed by atoms with van der Waals surface area (Å²) in [6.45, 7) is 9.34. The van der Waals surface area contributed by atoms with E-state index in [0.717, 1.165) is 59.8 Å². The maximum absolute atomic E-state index is 13.5. The van der Waals surface area contributed by atoms with Crippen molar-refractivity contribution in [3.8, 4) is 33.9 Å². The fraction of sp³-hybridized carbons (Fsp3) is 0.356. The lowest BCUT2D eigenvalue weighted by atomic mass is 10.1. The maximum atomic E-state index is 13.5. The van der Waals surface area contributed by atoms with Gasteiger partial charge in [-0.05, 0) is 151 Å². The van der Waals surface area contributed by atoms with Gasteiger partial charge in [-0.1, -0.05) is 46.8 Å². The van der Waals surface area contributed by atoms with Gasteiger partial charge >= 0.3 is 6.03 Å². The molecule has 2 aliphatic rings. The first-order valence-corrected chi connectivity index (χ1v) is 20.9. The third-order valence-corrected chi connectivity index (χ3v) is 11.0. The zero-order valence-corrected chi connectivity index (χ0v) is 33.2. The van der Waals surface area contributed by atoms with Crippen LogP contribution in [0, 0.1) is 0 Å². The van der Waals surface area contributed by atoms with Crippen LogP contribution in [-0.2, 0) is 0 Å². The molecular weight excluding hydrogens is 725 g/mol. The summed E-state index contributed by atoms with van der Waals surface area (Å²) in [4.78, 5) is 18.6. The first-order chi connectivity index (χ1) is 28.6. The minimum atomic E-state index is -0.391. The number of hydrogen-bond acceptors (Lipinski definition) is 9. The van der Waals surface area contributed by atoms with Crippen molar-refractivity contribution >= 4 is 28.8 Å². The number of amides is 2. The summed E-state index contributed by atoms with van der Waals surface area (Å²) >= 11 is 0. The molecule has 300 valence electrons. The lowest BCUT2D eigenvalue weighted by Crippen LogP contribution is -2.20. The highest BCUT2D eigenvalue weighted by Crippen LogP contribution is 2.29. The molecule has 2 fully saturated rings. The molecule has 2 saturated heterocycles. The van der Waals surface area contributed by atoms with Gasteiger partial charge in [-0.15, -0.1) is 10.2 Å². The topological polar surface area (TPSA) is 133 Å². The number of aromatic nitrogens is 6. The molecule has 4 heterocycles. The fourth-order valence-corrected chi connectivity index (χ4v) is 7.80. The number of nitrogens with one attached hydrogen (secondary N) is 4. The van der Waals surface area contributed by atoms with Gasteiger partial charge in [0.1, 0.15) is 11.4 Å². The minimum Gasteiger partial charge on any atom is -0.385 e. The number of anilines is 4. The number of hydrogen-bond donors (Lipinski definition) is 4. The van der Waals surface area contributed by atoms with Gasteiger partial charge in [0.2, 0.25) is 0 Å². The number of unbranched alkanes of at least 4 members (excludes halogenated alkanes) is 2. The smallest absolute Gasteiger partial charge is 0.323 e. The van der Waals surface area contributed by atoms with Crippen LogP contribution >= 0.6 is 0 Å². The van der Waals surface area contributed by atoms with Crippen molar-refractivity contribution < 1.29 is 4.79 Å². The zero-order chi connectivity index (χ0) is 39.4. The highest BCUT2D eigenvalue weighted by Gasteiger charge is 2.16. The quantitative estimate of drug-likeness (QED) is 0.0635. The number of para-hydroxylation sites is 2. The van der Waals surface area contributed by atoms with Gasteiger partial charge in [0, 0.05) is 35.6 Å². The van der Waals surface area contributed by atoms with Crippen molar-refractivity contribution in [3.05, 3.63) is 109 Å². The Morgan fingerprint density at radius 3 is 1.36 bits per heavy atom. The van der Waals surface area contributed by atoms with Gasteiger partial charge in [-0.2, -0.15) is 0 Å². The van der Waals surface area contributed by atoms with E-state index in [1.54, 1.807) is 9.36 Å². The summed E-state index contributed by atoms with van der Waals surface area (Å²) in [5.74, 6) is 0. The monoisotopic (exact) mass is 778 g/mol. The molecule has 0 atom stereocenters. The molecule has 13 nitrogen and oxygen atoms in total.